The van der Waals surface area contributed by atoms with Gasteiger partial charge in [0.1, 0.15) is 0 Å². The van der Waals surface area contributed by atoms with Crippen LogP contribution in [-0.4, -0.2) is 0 Å². The van der Waals surface area contributed by atoms with Crippen molar-refractivity contribution in [1.29, 1.82) is 0 Å². The molecule has 0 N–H and O–H groups in total. The van der Waals surface area contributed by atoms with Crippen molar-refractivity contribution >= 4 is 22.4 Å². The zero-order valence-electron chi connectivity index (χ0n) is 12.7. The highest BCUT2D eigenvalue weighted by atomic mass is 35.5. The Balaban J connectivity index is 2.06. The van der Waals surface area contributed by atoms with E-state index < -0.39 is 0 Å². The third-order valence-corrected chi connectivity index (χ3v) is 4.53. The van der Waals surface area contributed by atoms with E-state index in [4.69, 9.17) is 11.6 Å². The number of benzene rings is 2. The largest absolute Gasteiger partial charge is 0.118 e. The van der Waals surface area contributed by atoms with Crippen LogP contribution in [0.25, 0.3) is 10.8 Å². The average molecular weight is 289 g/mol. The quantitative estimate of drug-likeness (QED) is 0.389. The van der Waals surface area contributed by atoms with E-state index in [1.54, 1.807) is 0 Å². The van der Waals surface area contributed by atoms with Gasteiger partial charge in [0.25, 0.3) is 0 Å². The monoisotopic (exact) mass is 288 g/mol. The molecular formula is C19H25Cl. The van der Waals surface area contributed by atoms with E-state index in [9.17, 15) is 0 Å². The Morgan fingerprint density at radius 2 is 1.60 bits per heavy atom. The molecule has 0 aliphatic heterocycles. The summed E-state index contributed by atoms with van der Waals surface area (Å²) in [5.41, 5.74) is 2.62. The average Bonchev–Trinajstić information content (AvgIpc) is 2.47. The molecule has 2 aromatic rings. The second kappa shape index (κ2) is 7.69. The summed E-state index contributed by atoms with van der Waals surface area (Å²) < 4.78 is 0. The van der Waals surface area contributed by atoms with E-state index in [-0.39, 0.29) is 5.38 Å². The van der Waals surface area contributed by atoms with Gasteiger partial charge in [-0.1, -0.05) is 75.4 Å². The molecule has 0 spiro atoms. The van der Waals surface area contributed by atoms with Crippen LogP contribution < -0.4 is 0 Å². The van der Waals surface area contributed by atoms with E-state index in [0.29, 0.717) is 0 Å². The van der Waals surface area contributed by atoms with Crippen molar-refractivity contribution in [1.82, 2.24) is 0 Å². The Morgan fingerprint density at radius 3 is 2.35 bits per heavy atom. The van der Waals surface area contributed by atoms with Crippen LogP contribution in [0.4, 0.5) is 0 Å². The van der Waals surface area contributed by atoms with Crippen molar-refractivity contribution in [3.05, 3.63) is 47.5 Å². The summed E-state index contributed by atoms with van der Waals surface area (Å²) >= 11 is 6.65. The van der Waals surface area contributed by atoms with Crippen molar-refractivity contribution in [2.24, 2.45) is 0 Å². The first kappa shape index (κ1) is 15.4. The molecular weight excluding hydrogens is 264 g/mol. The van der Waals surface area contributed by atoms with Crippen molar-refractivity contribution in [3.8, 4) is 0 Å². The van der Waals surface area contributed by atoms with E-state index >= 15 is 0 Å². The van der Waals surface area contributed by atoms with Crippen molar-refractivity contribution in [2.45, 2.75) is 57.7 Å². The van der Waals surface area contributed by atoms with Gasteiger partial charge in [0.05, 0.1) is 5.38 Å². The number of unbranched alkanes of at least 4 members (excludes halogenated alkanes) is 4. The van der Waals surface area contributed by atoms with Crippen LogP contribution >= 0.6 is 11.6 Å². The van der Waals surface area contributed by atoms with E-state index in [0.717, 1.165) is 6.42 Å². The molecule has 1 unspecified atom stereocenters. The number of fused-ring (bicyclic) bond motifs is 1. The first-order chi connectivity index (χ1) is 9.74. The Kier molecular flexibility index (Phi) is 5.91. The van der Waals surface area contributed by atoms with Gasteiger partial charge in [-0.05, 0) is 35.2 Å². The van der Waals surface area contributed by atoms with Crippen LogP contribution in [-0.2, 0) is 0 Å². The second-order valence-corrected chi connectivity index (χ2v) is 6.21. The molecule has 0 bridgehead atoms. The predicted octanol–water partition coefficient (Wildman–Crippen LogP) is 6.79. The highest BCUT2D eigenvalue weighted by Crippen LogP contribution is 2.33. The van der Waals surface area contributed by atoms with Crippen LogP contribution in [0.1, 0.15) is 62.0 Å². The molecule has 108 valence electrons. The number of rotatable bonds is 7. The molecule has 1 heteroatoms. The highest BCUT2D eigenvalue weighted by molar-refractivity contribution is 6.21. The fourth-order valence-electron chi connectivity index (χ4n) is 2.83. The molecule has 0 nitrogen and oxygen atoms in total. The van der Waals surface area contributed by atoms with E-state index in [1.165, 1.54) is 54.0 Å². The summed E-state index contributed by atoms with van der Waals surface area (Å²) in [6, 6.07) is 13.0. The van der Waals surface area contributed by atoms with E-state index in [1.807, 2.05) is 0 Å². The van der Waals surface area contributed by atoms with Gasteiger partial charge in [-0.25, -0.2) is 0 Å². The Labute approximate surface area is 128 Å². The smallest absolute Gasteiger partial charge is 0.0591 e. The zero-order valence-corrected chi connectivity index (χ0v) is 13.4. The van der Waals surface area contributed by atoms with Gasteiger partial charge in [0.2, 0.25) is 0 Å². The van der Waals surface area contributed by atoms with Gasteiger partial charge in [-0.3, -0.25) is 0 Å². The number of alkyl halides is 1. The van der Waals surface area contributed by atoms with Crippen LogP contribution in [0.15, 0.2) is 36.4 Å². The summed E-state index contributed by atoms with van der Waals surface area (Å²) in [7, 11) is 0. The molecule has 0 aromatic heterocycles. The lowest BCUT2D eigenvalue weighted by atomic mass is 9.96. The minimum Gasteiger partial charge on any atom is -0.118 e. The Hall–Kier alpha value is -1.01. The molecule has 20 heavy (non-hydrogen) atoms. The van der Waals surface area contributed by atoms with E-state index in [2.05, 4.69) is 50.2 Å². The van der Waals surface area contributed by atoms with Crippen LogP contribution in [0.5, 0.6) is 0 Å². The van der Waals surface area contributed by atoms with Gasteiger partial charge in [-0.15, -0.1) is 11.6 Å². The predicted molar refractivity (Wildman–Crippen MR) is 90.7 cm³/mol. The topological polar surface area (TPSA) is 0 Å². The summed E-state index contributed by atoms with van der Waals surface area (Å²) in [5.74, 6) is 0. The van der Waals surface area contributed by atoms with Crippen LogP contribution in [0, 0.1) is 6.92 Å². The van der Waals surface area contributed by atoms with Crippen molar-refractivity contribution in [3.63, 3.8) is 0 Å². The molecule has 2 aromatic carbocycles. The summed E-state index contributed by atoms with van der Waals surface area (Å²) in [5, 5.41) is 2.80. The minimum atomic E-state index is 0.141. The van der Waals surface area contributed by atoms with Crippen molar-refractivity contribution < 1.29 is 0 Å². The normalized spacial score (nSPS) is 12.8. The maximum atomic E-state index is 6.65. The van der Waals surface area contributed by atoms with Gasteiger partial charge in [0.15, 0.2) is 0 Å². The summed E-state index contributed by atoms with van der Waals surface area (Å²) in [4.78, 5) is 0. The maximum Gasteiger partial charge on any atom is 0.0591 e. The molecule has 1 atom stereocenters. The number of hydrogen-bond acceptors (Lipinski definition) is 0. The molecule has 0 saturated heterocycles. The molecule has 0 aliphatic carbocycles. The molecule has 2 rings (SSSR count). The van der Waals surface area contributed by atoms with Gasteiger partial charge in [-0.2, -0.15) is 0 Å². The first-order valence-electron chi connectivity index (χ1n) is 7.86. The Morgan fingerprint density at radius 1 is 0.900 bits per heavy atom. The number of halogens is 1. The number of hydrogen-bond donors (Lipinski definition) is 0. The van der Waals surface area contributed by atoms with Crippen LogP contribution in [0.3, 0.4) is 0 Å². The molecule has 0 fully saturated rings. The fraction of sp³-hybridized carbons (Fsp3) is 0.474. The third kappa shape index (κ3) is 3.76. The lowest BCUT2D eigenvalue weighted by Crippen LogP contribution is -1.94. The minimum absolute atomic E-state index is 0.141. The van der Waals surface area contributed by atoms with Crippen molar-refractivity contribution in [2.75, 3.05) is 0 Å². The maximum absolute atomic E-state index is 6.65. The first-order valence-corrected chi connectivity index (χ1v) is 8.30. The molecule has 0 aliphatic rings. The third-order valence-electron chi connectivity index (χ3n) is 4.07. The highest BCUT2D eigenvalue weighted by Gasteiger charge is 2.12. The van der Waals surface area contributed by atoms with Gasteiger partial charge in [0, 0.05) is 0 Å². The van der Waals surface area contributed by atoms with Gasteiger partial charge >= 0.3 is 0 Å². The zero-order chi connectivity index (χ0) is 14.4. The summed E-state index contributed by atoms with van der Waals surface area (Å²) in [6.45, 7) is 4.42. The molecule has 0 heterocycles. The lowest BCUT2D eigenvalue weighted by molar-refractivity contribution is 0.602. The fourth-order valence-corrected chi connectivity index (χ4v) is 3.17. The van der Waals surface area contributed by atoms with Gasteiger partial charge < -0.3 is 0 Å². The molecule has 0 saturated carbocycles. The summed E-state index contributed by atoms with van der Waals surface area (Å²) in [6.07, 6.45) is 7.61. The Bertz CT molecular complexity index is 544. The second-order valence-electron chi connectivity index (χ2n) is 5.69. The van der Waals surface area contributed by atoms with Crippen LogP contribution in [0.2, 0.25) is 0 Å². The standard InChI is InChI=1S/C19H25Cl/c1-3-4-5-6-7-12-19(20)18-14-13-15(2)16-10-8-9-11-17(16)18/h8-11,13-14,19H,3-7,12H2,1-2H3. The molecule has 0 radical (unpaired) electrons. The molecule has 0 amide bonds. The lowest BCUT2D eigenvalue weighted by Gasteiger charge is -2.14. The number of aryl methyl sites for hydroxylation is 1. The SMILES string of the molecule is CCCCCCCC(Cl)c1ccc(C)c2ccccc12.